The summed E-state index contributed by atoms with van der Waals surface area (Å²) in [7, 11) is 0. The van der Waals surface area contributed by atoms with Gasteiger partial charge in [0.15, 0.2) is 0 Å². The fraction of sp³-hybridized carbons (Fsp3) is 0.571. The van der Waals surface area contributed by atoms with Crippen molar-refractivity contribution in [3.8, 4) is 5.95 Å². The number of hydrogen-bond acceptors (Lipinski definition) is 5. The second kappa shape index (κ2) is 7.93. The van der Waals surface area contributed by atoms with E-state index in [2.05, 4.69) is 39.2 Å². The van der Waals surface area contributed by atoms with Crippen LogP contribution >= 0.6 is 11.6 Å². The average Bonchev–Trinajstić information content (AvgIpc) is 3.01. The van der Waals surface area contributed by atoms with Crippen LogP contribution < -0.4 is 5.32 Å². The Morgan fingerprint density at radius 3 is 2.81 bits per heavy atom. The van der Waals surface area contributed by atoms with Crippen molar-refractivity contribution in [3.63, 3.8) is 0 Å². The monoisotopic (exact) mass is 308 g/mol. The maximum atomic E-state index is 5.96. The van der Waals surface area contributed by atoms with E-state index < -0.39 is 0 Å². The maximum absolute atomic E-state index is 5.96. The molecule has 2 heterocycles. The van der Waals surface area contributed by atoms with Crippen LogP contribution in [0.15, 0.2) is 18.5 Å². The molecule has 0 aliphatic rings. The van der Waals surface area contributed by atoms with E-state index >= 15 is 0 Å². The molecule has 0 fully saturated rings. The van der Waals surface area contributed by atoms with Gasteiger partial charge in [0, 0.05) is 18.9 Å². The summed E-state index contributed by atoms with van der Waals surface area (Å²) in [6.45, 7) is 5.26. The van der Waals surface area contributed by atoms with Gasteiger partial charge in [0.05, 0.1) is 0 Å². The Morgan fingerprint density at radius 2 is 2.14 bits per heavy atom. The number of aromatic nitrogens is 5. The molecule has 21 heavy (non-hydrogen) atoms. The predicted octanol–water partition coefficient (Wildman–Crippen LogP) is 3.34. The minimum atomic E-state index is 0.166. The van der Waals surface area contributed by atoms with E-state index in [1.54, 1.807) is 17.1 Å². The Labute approximate surface area is 130 Å². The highest BCUT2D eigenvalue weighted by Crippen LogP contribution is 2.14. The Kier molecular flexibility index (Phi) is 5.92. The van der Waals surface area contributed by atoms with E-state index in [0.717, 1.165) is 13.0 Å². The Morgan fingerprint density at radius 1 is 1.29 bits per heavy atom. The van der Waals surface area contributed by atoms with Gasteiger partial charge in [0.1, 0.15) is 0 Å². The molecule has 1 unspecified atom stereocenters. The number of nitrogens with zero attached hydrogens (tertiary/aromatic N) is 5. The predicted molar refractivity (Wildman–Crippen MR) is 83.8 cm³/mol. The van der Waals surface area contributed by atoms with Gasteiger partial charge in [-0.2, -0.15) is 20.1 Å². The smallest absolute Gasteiger partial charge is 0.256 e. The largest absolute Gasteiger partial charge is 0.354 e. The maximum Gasteiger partial charge on any atom is 0.256 e. The molecule has 1 N–H and O–H groups in total. The van der Waals surface area contributed by atoms with Crippen LogP contribution in [0.4, 0.5) is 5.95 Å². The van der Waals surface area contributed by atoms with Crippen LogP contribution in [0.2, 0.25) is 5.28 Å². The molecule has 2 aromatic heterocycles. The van der Waals surface area contributed by atoms with E-state index in [4.69, 9.17) is 11.6 Å². The highest BCUT2D eigenvalue weighted by molar-refractivity contribution is 6.28. The molecule has 0 aromatic carbocycles. The third kappa shape index (κ3) is 4.67. The molecule has 0 amide bonds. The highest BCUT2D eigenvalue weighted by Gasteiger charge is 2.10. The molecule has 1 atom stereocenters. The number of rotatable bonds is 8. The average molecular weight is 309 g/mol. The van der Waals surface area contributed by atoms with Gasteiger partial charge in [0.25, 0.3) is 5.95 Å². The second-order valence-corrected chi connectivity index (χ2v) is 5.31. The van der Waals surface area contributed by atoms with Crippen LogP contribution in [-0.2, 0) is 0 Å². The number of unbranched alkanes of at least 4 members (excludes halogenated alkanes) is 1. The van der Waals surface area contributed by atoms with E-state index in [0.29, 0.717) is 17.8 Å². The fourth-order valence-electron chi connectivity index (χ4n) is 2.09. The van der Waals surface area contributed by atoms with Crippen LogP contribution in [0.3, 0.4) is 0 Å². The molecule has 0 spiro atoms. The molecule has 7 heteroatoms. The van der Waals surface area contributed by atoms with Crippen molar-refractivity contribution in [2.45, 2.75) is 39.5 Å². The van der Waals surface area contributed by atoms with E-state index in [9.17, 15) is 0 Å². The second-order valence-electron chi connectivity index (χ2n) is 4.98. The molecule has 0 aliphatic carbocycles. The van der Waals surface area contributed by atoms with Gasteiger partial charge in [-0.05, 0) is 30.0 Å². The summed E-state index contributed by atoms with van der Waals surface area (Å²) in [5, 5.41) is 7.52. The lowest BCUT2D eigenvalue weighted by Crippen LogP contribution is -2.16. The molecular weight excluding hydrogens is 288 g/mol. The van der Waals surface area contributed by atoms with Gasteiger partial charge in [-0.25, -0.2) is 4.68 Å². The van der Waals surface area contributed by atoms with Crippen molar-refractivity contribution >= 4 is 17.5 Å². The minimum absolute atomic E-state index is 0.166. The number of nitrogens with one attached hydrogen (secondary N) is 1. The van der Waals surface area contributed by atoms with Crippen molar-refractivity contribution in [3.05, 3.63) is 23.7 Å². The Hall–Kier alpha value is -1.69. The lowest BCUT2D eigenvalue weighted by Gasteiger charge is -2.15. The zero-order valence-corrected chi connectivity index (χ0v) is 13.2. The van der Waals surface area contributed by atoms with Crippen molar-refractivity contribution in [1.29, 1.82) is 0 Å². The molecule has 2 rings (SSSR count). The molecule has 0 saturated heterocycles. The summed E-state index contributed by atoms with van der Waals surface area (Å²) in [6.07, 6.45) is 8.26. The molecule has 114 valence electrons. The van der Waals surface area contributed by atoms with Gasteiger partial charge in [-0.1, -0.05) is 33.1 Å². The first-order chi connectivity index (χ1) is 10.2. The van der Waals surface area contributed by atoms with Gasteiger partial charge in [-0.3, -0.25) is 0 Å². The van der Waals surface area contributed by atoms with E-state index in [1.165, 1.54) is 19.3 Å². The third-order valence-corrected chi connectivity index (χ3v) is 3.57. The van der Waals surface area contributed by atoms with Crippen LogP contribution in [-0.4, -0.2) is 31.3 Å². The number of hydrogen-bond donors (Lipinski definition) is 1. The zero-order valence-electron chi connectivity index (χ0n) is 12.5. The lowest BCUT2D eigenvalue weighted by atomic mass is 9.99. The summed E-state index contributed by atoms with van der Waals surface area (Å²) >= 11 is 5.96. The molecular formula is C14H21ClN6. The fourth-order valence-corrected chi connectivity index (χ4v) is 2.24. The van der Waals surface area contributed by atoms with E-state index in [1.807, 2.05) is 6.07 Å². The Bertz CT molecular complexity index is 542. The summed E-state index contributed by atoms with van der Waals surface area (Å²) in [5.74, 6) is 1.54. The summed E-state index contributed by atoms with van der Waals surface area (Å²) in [5.41, 5.74) is 0. The quantitative estimate of drug-likeness (QED) is 0.810. The zero-order chi connectivity index (χ0) is 15.1. The van der Waals surface area contributed by atoms with Gasteiger partial charge in [-0.15, -0.1) is 0 Å². The number of halogens is 1. The van der Waals surface area contributed by atoms with Crippen molar-refractivity contribution < 1.29 is 0 Å². The van der Waals surface area contributed by atoms with E-state index in [-0.39, 0.29) is 5.28 Å². The van der Waals surface area contributed by atoms with Crippen LogP contribution in [0, 0.1) is 5.92 Å². The van der Waals surface area contributed by atoms with Crippen LogP contribution in [0.1, 0.15) is 39.5 Å². The summed E-state index contributed by atoms with van der Waals surface area (Å²) in [4.78, 5) is 12.5. The van der Waals surface area contributed by atoms with Gasteiger partial charge in [0.2, 0.25) is 11.2 Å². The molecule has 2 aromatic rings. The molecule has 0 saturated carbocycles. The molecule has 0 aliphatic heterocycles. The molecule has 6 nitrogen and oxygen atoms in total. The SMILES string of the molecule is CCCCC(CC)CNc1nc(Cl)nc(-n2cccn2)n1. The first-order valence-electron chi connectivity index (χ1n) is 7.38. The standard InChI is InChI=1S/C14H21ClN6/c1-3-5-7-11(4-2)10-16-13-18-12(15)19-14(20-13)21-9-6-8-17-21/h6,8-9,11H,3-5,7,10H2,1-2H3,(H,16,18,19,20). The van der Waals surface area contributed by atoms with Crippen molar-refractivity contribution in [2.75, 3.05) is 11.9 Å². The lowest BCUT2D eigenvalue weighted by molar-refractivity contribution is 0.471. The third-order valence-electron chi connectivity index (χ3n) is 3.40. The van der Waals surface area contributed by atoms with Crippen LogP contribution in [0.5, 0.6) is 0 Å². The molecule has 0 bridgehead atoms. The number of anilines is 1. The topological polar surface area (TPSA) is 68.5 Å². The molecule has 0 radical (unpaired) electrons. The Balaban J connectivity index is 2.03. The normalized spacial score (nSPS) is 12.3. The van der Waals surface area contributed by atoms with Crippen molar-refractivity contribution in [1.82, 2.24) is 24.7 Å². The van der Waals surface area contributed by atoms with Gasteiger partial charge < -0.3 is 5.32 Å². The summed E-state index contributed by atoms with van der Waals surface area (Å²) < 4.78 is 1.56. The first-order valence-corrected chi connectivity index (χ1v) is 7.76. The minimum Gasteiger partial charge on any atom is -0.354 e. The first kappa shape index (κ1) is 15.7. The van der Waals surface area contributed by atoms with Crippen LogP contribution in [0.25, 0.3) is 5.95 Å². The van der Waals surface area contributed by atoms with Crippen molar-refractivity contribution in [2.24, 2.45) is 5.92 Å². The highest BCUT2D eigenvalue weighted by atomic mass is 35.5. The van der Waals surface area contributed by atoms with Gasteiger partial charge >= 0.3 is 0 Å². The summed E-state index contributed by atoms with van der Waals surface area (Å²) in [6, 6.07) is 1.81.